The molecule has 1 amide bonds. The van der Waals surface area contributed by atoms with Crippen LogP contribution in [-0.4, -0.2) is 30.8 Å². The van der Waals surface area contributed by atoms with E-state index in [4.69, 9.17) is 4.42 Å². The van der Waals surface area contributed by atoms with E-state index in [0.29, 0.717) is 27.9 Å². The fourth-order valence-electron chi connectivity index (χ4n) is 2.48. The van der Waals surface area contributed by atoms with Gasteiger partial charge in [-0.15, -0.1) is 11.3 Å². The van der Waals surface area contributed by atoms with Gasteiger partial charge in [0.25, 0.3) is 5.91 Å². The van der Waals surface area contributed by atoms with Crippen LogP contribution in [0.2, 0.25) is 0 Å². The van der Waals surface area contributed by atoms with Gasteiger partial charge in [-0.25, -0.2) is 19.9 Å². The van der Waals surface area contributed by atoms with E-state index in [1.807, 2.05) is 24.4 Å². The SMILES string of the molecule is Cc1ncc(-c2ncoc2C(=O)Nc2nc(-c3ncccc3C)cs2)cn1. The lowest BCUT2D eigenvalue weighted by molar-refractivity contribution is 0.0997. The molecule has 8 nitrogen and oxygen atoms in total. The quantitative estimate of drug-likeness (QED) is 0.579. The van der Waals surface area contributed by atoms with E-state index in [1.54, 1.807) is 25.5 Å². The molecule has 4 heterocycles. The van der Waals surface area contributed by atoms with Crippen molar-refractivity contribution >= 4 is 22.4 Å². The molecule has 4 aromatic heterocycles. The Morgan fingerprint density at radius 2 is 1.93 bits per heavy atom. The highest BCUT2D eigenvalue weighted by Crippen LogP contribution is 2.27. The van der Waals surface area contributed by atoms with Gasteiger partial charge in [0.2, 0.25) is 5.76 Å². The summed E-state index contributed by atoms with van der Waals surface area (Å²) in [7, 11) is 0. The number of aryl methyl sites for hydroxylation is 2. The van der Waals surface area contributed by atoms with Gasteiger partial charge < -0.3 is 4.42 Å². The van der Waals surface area contributed by atoms with Gasteiger partial charge in [0.05, 0.1) is 5.69 Å². The first kappa shape index (κ1) is 17.0. The standard InChI is InChI=1S/C18H14N6O2S/c1-10-4-3-5-19-14(10)13-8-27-18(23-13)24-17(25)16-15(22-9-26-16)12-6-20-11(2)21-7-12/h3-9H,1-2H3,(H,23,24,25). The highest BCUT2D eigenvalue weighted by Gasteiger charge is 2.20. The third-order valence-electron chi connectivity index (χ3n) is 3.80. The number of hydrogen-bond donors (Lipinski definition) is 1. The summed E-state index contributed by atoms with van der Waals surface area (Å²) >= 11 is 1.31. The fourth-order valence-corrected chi connectivity index (χ4v) is 3.17. The molecule has 0 saturated heterocycles. The van der Waals surface area contributed by atoms with Crippen molar-refractivity contribution in [3.05, 3.63) is 59.6 Å². The molecule has 1 N–H and O–H groups in total. The number of aromatic nitrogens is 5. The Hall–Kier alpha value is -3.46. The average Bonchev–Trinajstić information content (AvgIpc) is 3.32. The van der Waals surface area contributed by atoms with E-state index < -0.39 is 5.91 Å². The summed E-state index contributed by atoms with van der Waals surface area (Å²) in [6.07, 6.45) is 6.13. The van der Waals surface area contributed by atoms with E-state index >= 15 is 0 Å². The second-order valence-corrected chi connectivity index (χ2v) is 6.57. The minimum atomic E-state index is -0.443. The zero-order valence-corrected chi connectivity index (χ0v) is 15.3. The first-order valence-corrected chi connectivity index (χ1v) is 8.91. The Labute approximate surface area is 158 Å². The van der Waals surface area contributed by atoms with Crippen molar-refractivity contribution in [3.63, 3.8) is 0 Å². The van der Waals surface area contributed by atoms with Crippen LogP contribution < -0.4 is 5.32 Å². The smallest absolute Gasteiger partial charge is 0.295 e. The van der Waals surface area contributed by atoms with E-state index in [0.717, 1.165) is 11.3 Å². The first-order valence-electron chi connectivity index (χ1n) is 8.03. The second kappa shape index (κ2) is 7.04. The topological polar surface area (TPSA) is 107 Å². The monoisotopic (exact) mass is 378 g/mol. The number of pyridine rings is 1. The van der Waals surface area contributed by atoms with Gasteiger partial charge in [0.1, 0.15) is 17.2 Å². The molecule has 0 spiro atoms. The second-order valence-electron chi connectivity index (χ2n) is 5.71. The molecule has 0 atom stereocenters. The van der Waals surface area contributed by atoms with Crippen LogP contribution in [0.5, 0.6) is 0 Å². The lowest BCUT2D eigenvalue weighted by atomic mass is 10.2. The fraction of sp³-hybridized carbons (Fsp3) is 0.111. The summed E-state index contributed by atoms with van der Waals surface area (Å²) in [5, 5.41) is 5.04. The minimum absolute atomic E-state index is 0.0771. The molecular formula is C18H14N6O2S. The number of oxazole rings is 1. The molecule has 9 heteroatoms. The maximum Gasteiger partial charge on any atom is 0.295 e. The molecule has 27 heavy (non-hydrogen) atoms. The zero-order valence-electron chi connectivity index (χ0n) is 14.5. The number of anilines is 1. The van der Waals surface area contributed by atoms with Crippen molar-refractivity contribution < 1.29 is 9.21 Å². The zero-order chi connectivity index (χ0) is 18.8. The Morgan fingerprint density at radius 1 is 1.11 bits per heavy atom. The molecule has 0 aliphatic rings. The number of amides is 1. The van der Waals surface area contributed by atoms with Crippen LogP contribution in [-0.2, 0) is 0 Å². The van der Waals surface area contributed by atoms with Gasteiger partial charge in [0.15, 0.2) is 11.5 Å². The average molecular weight is 378 g/mol. The Balaban J connectivity index is 1.57. The molecule has 0 aliphatic carbocycles. The highest BCUT2D eigenvalue weighted by atomic mass is 32.1. The molecule has 0 bridgehead atoms. The number of carbonyl (C=O) groups excluding carboxylic acids is 1. The van der Waals surface area contributed by atoms with Crippen molar-refractivity contribution in [2.75, 3.05) is 5.32 Å². The molecule has 4 rings (SSSR count). The number of hydrogen-bond acceptors (Lipinski definition) is 8. The molecule has 0 aliphatic heterocycles. The molecule has 4 aromatic rings. The molecule has 0 radical (unpaired) electrons. The molecule has 0 saturated carbocycles. The van der Waals surface area contributed by atoms with E-state index in [2.05, 4.69) is 30.2 Å². The van der Waals surface area contributed by atoms with Crippen molar-refractivity contribution in [2.45, 2.75) is 13.8 Å². The van der Waals surface area contributed by atoms with Crippen molar-refractivity contribution in [1.29, 1.82) is 0 Å². The number of carbonyl (C=O) groups is 1. The summed E-state index contributed by atoms with van der Waals surface area (Å²) < 4.78 is 5.28. The predicted octanol–water partition coefficient (Wildman–Crippen LogP) is 3.52. The Morgan fingerprint density at radius 3 is 2.70 bits per heavy atom. The van der Waals surface area contributed by atoms with Crippen LogP contribution >= 0.6 is 11.3 Å². The molecular weight excluding hydrogens is 364 g/mol. The van der Waals surface area contributed by atoms with Crippen LogP contribution in [0.3, 0.4) is 0 Å². The van der Waals surface area contributed by atoms with Gasteiger partial charge in [0, 0.05) is 29.5 Å². The van der Waals surface area contributed by atoms with E-state index in [9.17, 15) is 4.79 Å². The predicted molar refractivity (Wildman–Crippen MR) is 100 cm³/mol. The van der Waals surface area contributed by atoms with Crippen LogP contribution in [0, 0.1) is 13.8 Å². The first-order chi connectivity index (χ1) is 13.1. The maximum absolute atomic E-state index is 12.6. The Kier molecular flexibility index (Phi) is 4.43. The van der Waals surface area contributed by atoms with Gasteiger partial charge in [-0.05, 0) is 25.5 Å². The van der Waals surface area contributed by atoms with Gasteiger partial charge in [-0.3, -0.25) is 15.1 Å². The van der Waals surface area contributed by atoms with Gasteiger partial charge in [-0.1, -0.05) is 6.07 Å². The molecule has 0 aromatic carbocycles. The van der Waals surface area contributed by atoms with Crippen molar-refractivity contribution in [1.82, 2.24) is 24.9 Å². The number of nitrogens with one attached hydrogen (secondary N) is 1. The minimum Gasteiger partial charge on any atom is -0.438 e. The van der Waals surface area contributed by atoms with Gasteiger partial charge >= 0.3 is 0 Å². The lowest BCUT2D eigenvalue weighted by Crippen LogP contribution is -2.12. The summed E-state index contributed by atoms with van der Waals surface area (Å²) in [5.74, 6) is 0.267. The molecule has 0 unspecified atom stereocenters. The number of thiazole rings is 1. The largest absolute Gasteiger partial charge is 0.438 e. The third kappa shape index (κ3) is 3.44. The summed E-state index contributed by atoms with van der Waals surface area (Å²) in [6.45, 7) is 3.74. The number of nitrogens with zero attached hydrogens (tertiary/aromatic N) is 5. The summed E-state index contributed by atoms with van der Waals surface area (Å²) in [4.78, 5) is 33.8. The van der Waals surface area contributed by atoms with Crippen LogP contribution in [0.25, 0.3) is 22.6 Å². The number of rotatable bonds is 4. The Bertz CT molecular complexity index is 1100. The molecule has 0 fully saturated rings. The van der Waals surface area contributed by atoms with Gasteiger partial charge in [-0.2, -0.15) is 0 Å². The highest BCUT2D eigenvalue weighted by molar-refractivity contribution is 7.14. The van der Waals surface area contributed by atoms with Crippen molar-refractivity contribution in [2.24, 2.45) is 0 Å². The normalized spacial score (nSPS) is 10.7. The molecule has 134 valence electrons. The summed E-state index contributed by atoms with van der Waals surface area (Å²) in [5.41, 5.74) is 3.48. The maximum atomic E-state index is 12.6. The van der Waals surface area contributed by atoms with Crippen LogP contribution in [0.4, 0.5) is 5.13 Å². The van der Waals surface area contributed by atoms with Crippen LogP contribution in [0.15, 0.2) is 46.9 Å². The van der Waals surface area contributed by atoms with E-state index in [-0.39, 0.29) is 5.76 Å². The third-order valence-corrected chi connectivity index (χ3v) is 4.56. The summed E-state index contributed by atoms with van der Waals surface area (Å²) in [6, 6.07) is 3.83. The lowest BCUT2D eigenvalue weighted by Gasteiger charge is -2.02. The van der Waals surface area contributed by atoms with Crippen molar-refractivity contribution in [3.8, 4) is 22.6 Å². The van der Waals surface area contributed by atoms with E-state index in [1.165, 1.54) is 17.7 Å². The van der Waals surface area contributed by atoms with Crippen LogP contribution in [0.1, 0.15) is 21.9 Å².